The van der Waals surface area contributed by atoms with Gasteiger partial charge in [-0.25, -0.2) is 0 Å². The largest absolute Gasteiger partial charge is 0.310 e. The fourth-order valence-corrected chi connectivity index (χ4v) is 2.25. The maximum absolute atomic E-state index is 6.11. The van der Waals surface area contributed by atoms with Gasteiger partial charge in [-0.2, -0.15) is 0 Å². The molecule has 1 aromatic carbocycles. The Hall–Kier alpha value is -0.240. The standard InChI is InChI=1S/C10H11Cl2N/c1-13-10(4-5-10)8-3-2-7(11)6-9(8)12/h2-3,6,13H,4-5H2,1H3. The number of hydrogen-bond donors (Lipinski definition) is 1. The van der Waals surface area contributed by atoms with E-state index in [0.717, 1.165) is 17.9 Å². The summed E-state index contributed by atoms with van der Waals surface area (Å²) in [5, 5.41) is 4.76. The monoisotopic (exact) mass is 215 g/mol. The molecule has 1 nitrogen and oxygen atoms in total. The van der Waals surface area contributed by atoms with Crippen molar-refractivity contribution in [2.24, 2.45) is 0 Å². The zero-order valence-corrected chi connectivity index (χ0v) is 8.91. The molecule has 70 valence electrons. The molecule has 2 rings (SSSR count). The quantitative estimate of drug-likeness (QED) is 0.800. The van der Waals surface area contributed by atoms with Gasteiger partial charge in [0.1, 0.15) is 0 Å². The van der Waals surface area contributed by atoms with Crippen LogP contribution in [0.2, 0.25) is 10.0 Å². The van der Waals surface area contributed by atoms with Crippen LogP contribution in [-0.2, 0) is 5.54 Å². The highest BCUT2D eigenvalue weighted by Gasteiger charge is 2.43. The van der Waals surface area contributed by atoms with Crippen molar-refractivity contribution < 1.29 is 0 Å². The lowest BCUT2D eigenvalue weighted by atomic mass is 10.1. The van der Waals surface area contributed by atoms with E-state index in [0.29, 0.717) is 5.02 Å². The first-order chi connectivity index (χ1) is 6.18. The molecular formula is C10H11Cl2N. The van der Waals surface area contributed by atoms with Crippen molar-refractivity contribution in [3.8, 4) is 0 Å². The Labute approximate surface area is 88.0 Å². The molecule has 0 atom stereocenters. The summed E-state index contributed by atoms with van der Waals surface area (Å²) in [4.78, 5) is 0. The second kappa shape index (κ2) is 3.16. The highest BCUT2D eigenvalue weighted by Crippen LogP contribution is 2.47. The number of hydrogen-bond acceptors (Lipinski definition) is 1. The molecule has 0 bridgehead atoms. The maximum atomic E-state index is 6.11. The molecule has 1 fully saturated rings. The number of rotatable bonds is 2. The summed E-state index contributed by atoms with van der Waals surface area (Å²) < 4.78 is 0. The first-order valence-electron chi connectivity index (χ1n) is 4.32. The molecule has 1 N–H and O–H groups in total. The molecule has 0 unspecified atom stereocenters. The average molecular weight is 216 g/mol. The van der Waals surface area contributed by atoms with Gasteiger partial charge in [-0.3, -0.25) is 0 Å². The molecule has 3 heteroatoms. The zero-order chi connectivity index (χ0) is 9.47. The first kappa shape index (κ1) is 9.32. The summed E-state index contributed by atoms with van der Waals surface area (Å²) in [6.07, 6.45) is 2.32. The van der Waals surface area contributed by atoms with E-state index in [-0.39, 0.29) is 5.54 Å². The summed E-state index contributed by atoms with van der Waals surface area (Å²) in [6, 6.07) is 5.70. The van der Waals surface area contributed by atoms with Crippen molar-refractivity contribution in [1.29, 1.82) is 0 Å². The van der Waals surface area contributed by atoms with Gasteiger partial charge in [0.05, 0.1) is 0 Å². The fraction of sp³-hybridized carbons (Fsp3) is 0.400. The summed E-state index contributed by atoms with van der Waals surface area (Å²) in [7, 11) is 1.97. The van der Waals surface area contributed by atoms with Gasteiger partial charge in [-0.15, -0.1) is 0 Å². The van der Waals surface area contributed by atoms with E-state index in [2.05, 4.69) is 5.32 Å². The second-order valence-corrected chi connectivity index (χ2v) is 4.30. The summed E-state index contributed by atoms with van der Waals surface area (Å²) in [5.74, 6) is 0. The van der Waals surface area contributed by atoms with Gasteiger partial charge in [0.2, 0.25) is 0 Å². The van der Waals surface area contributed by atoms with E-state index in [9.17, 15) is 0 Å². The van der Waals surface area contributed by atoms with Crippen molar-refractivity contribution in [1.82, 2.24) is 5.32 Å². The third-order valence-corrected chi connectivity index (χ3v) is 3.22. The Kier molecular flexibility index (Phi) is 2.26. The van der Waals surface area contributed by atoms with E-state index in [4.69, 9.17) is 23.2 Å². The lowest BCUT2D eigenvalue weighted by Crippen LogP contribution is -2.24. The molecule has 1 aromatic rings. The minimum absolute atomic E-state index is 0.127. The van der Waals surface area contributed by atoms with Gasteiger partial charge in [0.25, 0.3) is 0 Å². The molecule has 1 saturated carbocycles. The topological polar surface area (TPSA) is 12.0 Å². The maximum Gasteiger partial charge on any atom is 0.0471 e. The predicted octanol–water partition coefficient (Wildman–Crippen LogP) is 3.20. The third-order valence-electron chi connectivity index (χ3n) is 2.68. The molecule has 0 radical (unpaired) electrons. The highest BCUT2D eigenvalue weighted by molar-refractivity contribution is 6.35. The SMILES string of the molecule is CNC1(c2ccc(Cl)cc2Cl)CC1. The van der Waals surface area contributed by atoms with Gasteiger partial charge in [0.15, 0.2) is 0 Å². The van der Waals surface area contributed by atoms with E-state index in [1.165, 1.54) is 5.56 Å². The number of halogens is 2. The summed E-state index contributed by atoms with van der Waals surface area (Å²) in [5.41, 5.74) is 1.29. The van der Waals surface area contributed by atoms with Gasteiger partial charge in [-0.1, -0.05) is 29.3 Å². The molecule has 1 aliphatic carbocycles. The van der Waals surface area contributed by atoms with Gasteiger partial charge >= 0.3 is 0 Å². The van der Waals surface area contributed by atoms with E-state index >= 15 is 0 Å². The predicted molar refractivity (Wildman–Crippen MR) is 56.4 cm³/mol. The minimum atomic E-state index is 0.127. The Bertz CT molecular complexity index is 332. The van der Waals surface area contributed by atoms with E-state index in [1.54, 1.807) is 6.07 Å². The lowest BCUT2D eigenvalue weighted by Gasteiger charge is -2.16. The normalized spacial score (nSPS) is 18.7. The minimum Gasteiger partial charge on any atom is -0.310 e. The van der Waals surface area contributed by atoms with E-state index < -0.39 is 0 Å². The molecule has 0 saturated heterocycles. The van der Waals surface area contributed by atoms with Crippen LogP contribution in [0.1, 0.15) is 18.4 Å². The molecule has 13 heavy (non-hydrogen) atoms. The Balaban J connectivity index is 2.41. The number of nitrogens with one attached hydrogen (secondary N) is 1. The molecule has 0 amide bonds. The molecule has 0 heterocycles. The fourth-order valence-electron chi connectivity index (χ4n) is 1.66. The van der Waals surface area contributed by atoms with Crippen LogP contribution >= 0.6 is 23.2 Å². The first-order valence-corrected chi connectivity index (χ1v) is 5.08. The van der Waals surface area contributed by atoms with Gasteiger partial charge < -0.3 is 5.32 Å². The smallest absolute Gasteiger partial charge is 0.0471 e. The van der Waals surface area contributed by atoms with Crippen LogP contribution in [0.25, 0.3) is 0 Å². The molecule has 0 spiro atoms. The van der Waals surface area contributed by atoms with Crippen LogP contribution in [0.15, 0.2) is 18.2 Å². The Morgan fingerprint density at radius 1 is 1.31 bits per heavy atom. The van der Waals surface area contributed by atoms with Crippen molar-refractivity contribution in [3.05, 3.63) is 33.8 Å². The molecule has 0 aromatic heterocycles. The lowest BCUT2D eigenvalue weighted by molar-refractivity contribution is 0.586. The number of benzene rings is 1. The average Bonchev–Trinajstić information content (AvgIpc) is 2.85. The van der Waals surface area contributed by atoms with Crippen LogP contribution in [0.3, 0.4) is 0 Å². The Morgan fingerprint density at radius 3 is 2.46 bits per heavy atom. The van der Waals surface area contributed by atoms with Crippen LogP contribution < -0.4 is 5.32 Å². The van der Waals surface area contributed by atoms with Crippen molar-refractivity contribution >= 4 is 23.2 Å². The van der Waals surface area contributed by atoms with E-state index in [1.807, 2.05) is 19.2 Å². The van der Waals surface area contributed by atoms with Gasteiger partial charge in [-0.05, 0) is 37.6 Å². The highest BCUT2D eigenvalue weighted by atomic mass is 35.5. The summed E-state index contributed by atoms with van der Waals surface area (Å²) >= 11 is 11.9. The second-order valence-electron chi connectivity index (χ2n) is 3.46. The molecule has 0 aliphatic heterocycles. The van der Waals surface area contributed by atoms with Crippen molar-refractivity contribution in [2.75, 3.05) is 7.05 Å². The Morgan fingerprint density at radius 2 is 2.00 bits per heavy atom. The zero-order valence-electron chi connectivity index (χ0n) is 7.40. The van der Waals surface area contributed by atoms with Crippen LogP contribution in [-0.4, -0.2) is 7.05 Å². The van der Waals surface area contributed by atoms with Gasteiger partial charge in [0, 0.05) is 15.6 Å². The van der Waals surface area contributed by atoms with Crippen molar-refractivity contribution in [3.63, 3.8) is 0 Å². The third kappa shape index (κ3) is 1.56. The molecular weight excluding hydrogens is 205 g/mol. The van der Waals surface area contributed by atoms with Crippen LogP contribution in [0.4, 0.5) is 0 Å². The summed E-state index contributed by atoms with van der Waals surface area (Å²) in [6.45, 7) is 0. The van der Waals surface area contributed by atoms with Crippen LogP contribution in [0, 0.1) is 0 Å². The molecule has 1 aliphatic rings. The van der Waals surface area contributed by atoms with Crippen molar-refractivity contribution in [2.45, 2.75) is 18.4 Å². The van der Waals surface area contributed by atoms with Crippen LogP contribution in [0.5, 0.6) is 0 Å².